The first-order chi connectivity index (χ1) is 10.4. The van der Waals surface area contributed by atoms with E-state index in [2.05, 4.69) is 20.3 Å². The van der Waals surface area contributed by atoms with Crippen LogP contribution in [-0.4, -0.2) is 31.6 Å². The number of aromatic nitrogens is 3. The van der Waals surface area contributed by atoms with E-state index in [0.717, 1.165) is 11.3 Å². The molecule has 0 aliphatic heterocycles. The lowest BCUT2D eigenvalue weighted by Crippen LogP contribution is -2.32. The minimum atomic E-state index is -0.801. The Balaban J connectivity index is 2.21. The van der Waals surface area contributed by atoms with Crippen LogP contribution in [0, 0.1) is 6.92 Å². The van der Waals surface area contributed by atoms with E-state index in [1.807, 2.05) is 39.0 Å². The number of hydrogen-bond acceptors (Lipinski definition) is 5. The number of anilines is 1. The molecule has 0 amide bonds. The van der Waals surface area contributed by atoms with Crippen molar-refractivity contribution in [3.05, 3.63) is 36.3 Å². The molecule has 2 aromatic heterocycles. The zero-order valence-electron chi connectivity index (χ0n) is 13.0. The van der Waals surface area contributed by atoms with Gasteiger partial charge in [-0.25, -0.2) is 9.97 Å². The third-order valence-corrected chi connectivity index (χ3v) is 3.20. The Hall–Kier alpha value is -2.50. The molecule has 2 heterocycles. The SMILES string of the molecule is Cc1cc(NC(C)(C)CCC(=O)O)nc(-c2cccnc2)n1. The number of pyridine rings is 1. The van der Waals surface area contributed by atoms with Crippen molar-refractivity contribution in [1.82, 2.24) is 15.0 Å². The second-order valence-electron chi connectivity index (χ2n) is 5.86. The first kappa shape index (κ1) is 15.9. The number of nitrogens with one attached hydrogen (secondary N) is 1. The molecule has 2 rings (SSSR count). The fourth-order valence-electron chi connectivity index (χ4n) is 2.09. The number of aliphatic carboxylic acids is 1. The second kappa shape index (κ2) is 6.51. The molecule has 0 aromatic carbocycles. The van der Waals surface area contributed by atoms with Gasteiger partial charge in [0.05, 0.1) is 0 Å². The van der Waals surface area contributed by atoms with Gasteiger partial charge in [0, 0.05) is 41.7 Å². The maximum absolute atomic E-state index is 10.7. The smallest absolute Gasteiger partial charge is 0.303 e. The topological polar surface area (TPSA) is 88.0 Å². The summed E-state index contributed by atoms with van der Waals surface area (Å²) in [4.78, 5) is 23.7. The lowest BCUT2D eigenvalue weighted by Gasteiger charge is -2.26. The standard InChI is InChI=1S/C16H20N4O2/c1-11-9-13(20-16(2,3)7-6-14(21)22)19-15(18-11)12-5-4-8-17-10-12/h4-5,8-10H,6-7H2,1-3H3,(H,21,22)(H,18,19,20). The summed E-state index contributed by atoms with van der Waals surface area (Å²) in [6.07, 6.45) is 4.04. The van der Waals surface area contributed by atoms with Crippen molar-refractivity contribution < 1.29 is 9.90 Å². The summed E-state index contributed by atoms with van der Waals surface area (Å²) in [6, 6.07) is 5.59. The van der Waals surface area contributed by atoms with Crippen molar-refractivity contribution in [1.29, 1.82) is 0 Å². The molecule has 0 unspecified atom stereocenters. The predicted octanol–water partition coefficient (Wildman–Crippen LogP) is 2.90. The van der Waals surface area contributed by atoms with Gasteiger partial charge in [-0.1, -0.05) is 0 Å². The second-order valence-corrected chi connectivity index (χ2v) is 5.86. The van der Waals surface area contributed by atoms with Gasteiger partial charge in [0.1, 0.15) is 5.82 Å². The predicted molar refractivity (Wildman–Crippen MR) is 84.6 cm³/mol. The van der Waals surface area contributed by atoms with Crippen LogP contribution in [0.2, 0.25) is 0 Å². The average Bonchev–Trinajstić information content (AvgIpc) is 2.45. The number of hydrogen-bond donors (Lipinski definition) is 2. The third kappa shape index (κ3) is 4.51. The molecule has 0 spiro atoms. The number of rotatable bonds is 6. The normalized spacial score (nSPS) is 11.2. The van der Waals surface area contributed by atoms with E-state index < -0.39 is 5.97 Å². The zero-order valence-corrected chi connectivity index (χ0v) is 13.0. The minimum absolute atomic E-state index is 0.111. The summed E-state index contributed by atoms with van der Waals surface area (Å²) in [5, 5.41) is 12.1. The fraction of sp³-hybridized carbons (Fsp3) is 0.375. The highest BCUT2D eigenvalue weighted by Crippen LogP contribution is 2.21. The highest BCUT2D eigenvalue weighted by molar-refractivity contribution is 5.67. The maximum Gasteiger partial charge on any atom is 0.303 e. The van der Waals surface area contributed by atoms with Crippen LogP contribution < -0.4 is 5.32 Å². The van der Waals surface area contributed by atoms with Gasteiger partial charge >= 0.3 is 5.97 Å². The molecule has 2 aromatic rings. The maximum atomic E-state index is 10.7. The van der Waals surface area contributed by atoms with Crippen molar-refractivity contribution in [2.24, 2.45) is 0 Å². The van der Waals surface area contributed by atoms with E-state index in [9.17, 15) is 4.79 Å². The van der Waals surface area contributed by atoms with Crippen molar-refractivity contribution in [2.75, 3.05) is 5.32 Å². The number of nitrogens with zero attached hydrogens (tertiary/aromatic N) is 3. The Morgan fingerprint density at radius 1 is 1.36 bits per heavy atom. The van der Waals surface area contributed by atoms with Crippen molar-refractivity contribution >= 4 is 11.8 Å². The van der Waals surface area contributed by atoms with Crippen molar-refractivity contribution in [2.45, 2.75) is 39.2 Å². The quantitative estimate of drug-likeness (QED) is 0.852. The molecule has 6 nitrogen and oxygen atoms in total. The Morgan fingerprint density at radius 3 is 2.77 bits per heavy atom. The van der Waals surface area contributed by atoms with Gasteiger partial charge in [0.15, 0.2) is 5.82 Å². The van der Waals surface area contributed by atoms with E-state index in [0.29, 0.717) is 18.1 Å². The van der Waals surface area contributed by atoms with E-state index in [1.54, 1.807) is 12.4 Å². The monoisotopic (exact) mass is 300 g/mol. The molecular formula is C16H20N4O2. The molecule has 0 radical (unpaired) electrons. The number of carboxylic acids is 1. The van der Waals surface area contributed by atoms with Crippen LogP contribution >= 0.6 is 0 Å². The fourth-order valence-corrected chi connectivity index (χ4v) is 2.09. The van der Waals surface area contributed by atoms with E-state index >= 15 is 0 Å². The van der Waals surface area contributed by atoms with Crippen molar-refractivity contribution in [3.8, 4) is 11.4 Å². The van der Waals surface area contributed by atoms with Gasteiger partial charge in [-0.15, -0.1) is 0 Å². The van der Waals surface area contributed by atoms with Crippen LogP contribution in [0.1, 0.15) is 32.4 Å². The molecule has 22 heavy (non-hydrogen) atoms. The van der Waals surface area contributed by atoms with Gasteiger partial charge < -0.3 is 10.4 Å². The molecular weight excluding hydrogens is 280 g/mol. The van der Waals surface area contributed by atoms with Crippen LogP contribution in [-0.2, 0) is 4.79 Å². The van der Waals surface area contributed by atoms with Crippen LogP contribution in [0.3, 0.4) is 0 Å². The molecule has 0 saturated heterocycles. The molecule has 0 fully saturated rings. The van der Waals surface area contributed by atoms with Gasteiger partial charge in [-0.3, -0.25) is 9.78 Å². The van der Waals surface area contributed by atoms with Gasteiger partial charge in [-0.2, -0.15) is 0 Å². The largest absolute Gasteiger partial charge is 0.481 e. The Labute approximate surface area is 129 Å². The lowest BCUT2D eigenvalue weighted by atomic mass is 9.98. The number of aryl methyl sites for hydroxylation is 1. The Kier molecular flexibility index (Phi) is 4.70. The summed E-state index contributed by atoms with van der Waals surface area (Å²) >= 11 is 0. The molecule has 6 heteroatoms. The molecule has 0 saturated carbocycles. The summed E-state index contributed by atoms with van der Waals surface area (Å²) in [6.45, 7) is 5.81. The minimum Gasteiger partial charge on any atom is -0.481 e. The summed E-state index contributed by atoms with van der Waals surface area (Å²) < 4.78 is 0. The van der Waals surface area contributed by atoms with Crippen LogP contribution in [0.5, 0.6) is 0 Å². The summed E-state index contributed by atoms with van der Waals surface area (Å²) in [7, 11) is 0. The zero-order chi connectivity index (χ0) is 16.2. The van der Waals surface area contributed by atoms with Gasteiger partial charge in [0.25, 0.3) is 0 Å². The van der Waals surface area contributed by atoms with Crippen molar-refractivity contribution in [3.63, 3.8) is 0 Å². The Bertz CT molecular complexity index is 656. The average molecular weight is 300 g/mol. The molecule has 0 atom stereocenters. The lowest BCUT2D eigenvalue weighted by molar-refractivity contribution is -0.137. The molecule has 0 bridgehead atoms. The van der Waals surface area contributed by atoms with E-state index in [1.165, 1.54) is 0 Å². The Morgan fingerprint density at radius 2 is 2.14 bits per heavy atom. The molecule has 0 aliphatic carbocycles. The van der Waals surface area contributed by atoms with Gasteiger partial charge in [-0.05, 0) is 39.3 Å². The van der Waals surface area contributed by atoms with E-state index in [-0.39, 0.29) is 12.0 Å². The first-order valence-electron chi connectivity index (χ1n) is 7.12. The van der Waals surface area contributed by atoms with E-state index in [4.69, 9.17) is 5.11 Å². The molecule has 116 valence electrons. The first-order valence-corrected chi connectivity index (χ1v) is 7.12. The molecule has 0 aliphatic rings. The van der Waals surface area contributed by atoms with Crippen LogP contribution in [0.4, 0.5) is 5.82 Å². The van der Waals surface area contributed by atoms with Gasteiger partial charge in [0.2, 0.25) is 0 Å². The highest BCUT2D eigenvalue weighted by atomic mass is 16.4. The third-order valence-electron chi connectivity index (χ3n) is 3.20. The van der Waals surface area contributed by atoms with Crippen LogP contribution in [0.15, 0.2) is 30.6 Å². The summed E-state index contributed by atoms with van der Waals surface area (Å²) in [5.74, 6) is 0.483. The number of carboxylic acid groups (broad SMARTS) is 1. The number of carbonyl (C=O) groups is 1. The highest BCUT2D eigenvalue weighted by Gasteiger charge is 2.20. The summed E-state index contributed by atoms with van der Waals surface area (Å²) in [5.41, 5.74) is 1.31. The van der Waals surface area contributed by atoms with Crippen LogP contribution in [0.25, 0.3) is 11.4 Å². The molecule has 2 N–H and O–H groups in total.